The molecule has 0 saturated carbocycles. The minimum Gasteiger partial charge on any atom is -0.377 e. The van der Waals surface area contributed by atoms with E-state index in [-0.39, 0.29) is 23.9 Å². The number of ether oxygens (including phenoxy) is 2. The van der Waals surface area contributed by atoms with Gasteiger partial charge in [-0.1, -0.05) is 6.92 Å². The molecule has 0 radical (unpaired) electrons. The summed E-state index contributed by atoms with van der Waals surface area (Å²) in [5.41, 5.74) is 0. The number of halogens is 1. The van der Waals surface area contributed by atoms with Crippen molar-refractivity contribution in [1.29, 1.82) is 0 Å². The molecule has 0 amide bonds. The van der Waals surface area contributed by atoms with E-state index in [1.165, 1.54) is 4.31 Å². The zero-order valence-corrected chi connectivity index (χ0v) is 12.0. The van der Waals surface area contributed by atoms with E-state index in [1.54, 1.807) is 14.2 Å². The fourth-order valence-corrected chi connectivity index (χ4v) is 3.93. The molecular formula is C10H20ClNO4S. The van der Waals surface area contributed by atoms with Gasteiger partial charge in [0.1, 0.15) is 0 Å². The summed E-state index contributed by atoms with van der Waals surface area (Å²) in [5.74, 6) is 0.363. The molecule has 0 aromatic heterocycles. The number of rotatable bonds is 6. The van der Waals surface area contributed by atoms with Crippen molar-refractivity contribution < 1.29 is 17.9 Å². The van der Waals surface area contributed by atoms with Crippen molar-refractivity contribution in [2.45, 2.75) is 19.1 Å². The molecule has 5 nitrogen and oxygen atoms in total. The average Bonchev–Trinajstić information content (AvgIpc) is 2.72. The zero-order valence-electron chi connectivity index (χ0n) is 10.4. The van der Waals surface area contributed by atoms with Crippen molar-refractivity contribution in [2.75, 3.05) is 38.9 Å². The van der Waals surface area contributed by atoms with Crippen LogP contribution in [0.4, 0.5) is 0 Å². The molecule has 17 heavy (non-hydrogen) atoms. The first kappa shape index (κ1) is 15.2. The van der Waals surface area contributed by atoms with Crippen molar-refractivity contribution in [2.24, 2.45) is 5.92 Å². The Bertz CT molecular complexity index is 323. The van der Waals surface area contributed by atoms with Gasteiger partial charge in [-0.3, -0.25) is 0 Å². The van der Waals surface area contributed by atoms with Gasteiger partial charge in [0.2, 0.25) is 10.0 Å². The van der Waals surface area contributed by atoms with E-state index >= 15 is 0 Å². The van der Waals surface area contributed by atoms with Gasteiger partial charge < -0.3 is 9.47 Å². The minimum absolute atomic E-state index is 0.0516. The molecule has 1 aliphatic rings. The molecule has 1 fully saturated rings. The molecular weight excluding hydrogens is 266 g/mol. The highest BCUT2D eigenvalue weighted by Gasteiger charge is 2.39. The second-order valence-corrected chi connectivity index (χ2v) is 6.73. The van der Waals surface area contributed by atoms with Crippen LogP contribution in [0.2, 0.25) is 0 Å². The van der Waals surface area contributed by atoms with Crippen molar-refractivity contribution in [3.8, 4) is 0 Å². The molecule has 0 N–H and O–H groups in total. The Morgan fingerprint density at radius 3 is 2.12 bits per heavy atom. The Balaban J connectivity index is 2.68. The van der Waals surface area contributed by atoms with Gasteiger partial charge in [0.25, 0.3) is 0 Å². The Morgan fingerprint density at radius 2 is 1.76 bits per heavy atom. The SMILES string of the molecule is COC1CN(S(=O)(=O)CC(C)CCl)CC1OC. The third-order valence-electron chi connectivity index (χ3n) is 2.94. The minimum atomic E-state index is -3.27. The molecule has 0 aromatic carbocycles. The van der Waals surface area contributed by atoms with Gasteiger partial charge in [-0.15, -0.1) is 11.6 Å². The van der Waals surface area contributed by atoms with E-state index in [0.29, 0.717) is 19.0 Å². The second-order valence-electron chi connectivity index (χ2n) is 4.40. The fraction of sp³-hybridized carbons (Fsp3) is 1.00. The standard InChI is InChI=1S/C10H20ClNO4S/c1-8(4-11)7-17(13,14)12-5-9(15-2)10(6-12)16-3/h8-10H,4-7H2,1-3H3. The van der Waals surface area contributed by atoms with Crippen LogP contribution in [0.1, 0.15) is 6.92 Å². The molecule has 0 bridgehead atoms. The van der Waals surface area contributed by atoms with Crippen LogP contribution < -0.4 is 0 Å². The Hall–Kier alpha value is 0.120. The van der Waals surface area contributed by atoms with Crippen molar-refractivity contribution in [3.63, 3.8) is 0 Å². The summed E-state index contributed by atoms with van der Waals surface area (Å²) >= 11 is 5.64. The molecule has 1 heterocycles. The molecule has 0 spiro atoms. The topological polar surface area (TPSA) is 55.8 Å². The van der Waals surface area contributed by atoms with E-state index < -0.39 is 10.0 Å². The monoisotopic (exact) mass is 285 g/mol. The van der Waals surface area contributed by atoms with Gasteiger partial charge in [0.05, 0.1) is 18.0 Å². The van der Waals surface area contributed by atoms with Crippen molar-refractivity contribution in [3.05, 3.63) is 0 Å². The van der Waals surface area contributed by atoms with E-state index in [1.807, 2.05) is 6.92 Å². The maximum Gasteiger partial charge on any atom is 0.214 e. The lowest BCUT2D eigenvalue weighted by atomic mass is 10.3. The number of hydrogen-bond acceptors (Lipinski definition) is 4. The number of methoxy groups -OCH3 is 2. The average molecular weight is 286 g/mol. The molecule has 0 aliphatic carbocycles. The van der Waals surface area contributed by atoms with Gasteiger partial charge in [-0.25, -0.2) is 8.42 Å². The van der Waals surface area contributed by atoms with Crippen LogP contribution in [0.5, 0.6) is 0 Å². The predicted octanol–water partition coefficient (Wildman–Crippen LogP) is 0.537. The van der Waals surface area contributed by atoms with Gasteiger partial charge in [0.15, 0.2) is 0 Å². The molecule has 1 saturated heterocycles. The van der Waals surface area contributed by atoms with Crippen LogP contribution in [0.3, 0.4) is 0 Å². The van der Waals surface area contributed by atoms with Crippen molar-refractivity contribution in [1.82, 2.24) is 4.31 Å². The van der Waals surface area contributed by atoms with E-state index in [4.69, 9.17) is 21.1 Å². The first-order valence-corrected chi connectivity index (χ1v) is 7.68. The Kier molecular flexibility index (Phi) is 5.66. The lowest BCUT2D eigenvalue weighted by molar-refractivity contribution is -0.00461. The quantitative estimate of drug-likeness (QED) is 0.668. The summed E-state index contributed by atoms with van der Waals surface area (Å²) in [5, 5.41) is 0. The molecule has 1 aliphatic heterocycles. The highest BCUT2D eigenvalue weighted by Crippen LogP contribution is 2.20. The second kappa shape index (κ2) is 6.33. The molecule has 7 heteroatoms. The van der Waals surface area contributed by atoms with Crippen LogP contribution in [0.15, 0.2) is 0 Å². The van der Waals surface area contributed by atoms with Crippen LogP contribution in [0.25, 0.3) is 0 Å². The van der Waals surface area contributed by atoms with Crippen molar-refractivity contribution >= 4 is 21.6 Å². The summed E-state index contributed by atoms with van der Waals surface area (Å²) in [6.45, 7) is 2.53. The highest BCUT2D eigenvalue weighted by molar-refractivity contribution is 7.89. The third-order valence-corrected chi connectivity index (χ3v) is 5.54. The van der Waals surface area contributed by atoms with E-state index in [9.17, 15) is 8.42 Å². The van der Waals surface area contributed by atoms with Crippen LogP contribution >= 0.6 is 11.6 Å². The normalized spacial score (nSPS) is 28.5. The Morgan fingerprint density at radius 1 is 1.29 bits per heavy atom. The van der Waals surface area contributed by atoms with E-state index in [0.717, 1.165) is 0 Å². The first-order chi connectivity index (χ1) is 7.94. The molecule has 102 valence electrons. The number of alkyl halides is 1. The summed E-state index contributed by atoms with van der Waals surface area (Å²) < 4.78 is 36.0. The maximum absolute atomic E-state index is 12.1. The zero-order chi connectivity index (χ0) is 13.1. The van der Waals surface area contributed by atoms with Gasteiger partial charge in [-0.2, -0.15) is 4.31 Å². The first-order valence-electron chi connectivity index (χ1n) is 5.54. The number of sulfonamides is 1. The van der Waals surface area contributed by atoms with E-state index in [2.05, 4.69) is 0 Å². The molecule has 1 rings (SSSR count). The summed E-state index contributed by atoms with van der Waals surface area (Å²) in [4.78, 5) is 0. The summed E-state index contributed by atoms with van der Waals surface area (Å²) in [6.07, 6.45) is -0.387. The lowest BCUT2D eigenvalue weighted by Crippen LogP contribution is -2.34. The number of hydrogen-bond donors (Lipinski definition) is 0. The Labute approximate surface area is 108 Å². The van der Waals surface area contributed by atoms with Gasteiger partial charge in [0, 0.05) is 33.2 Å². The number of nitrogens with zero attached hydrogens (tertiary/aromatic N) is 1. The van der Waals surface area contributed by atoms with Gasteiger partial charge >= 0.3 is 0 Å². The smallest absolute Gasteiger partial charge is 0.214 e. The summed E-state index contributed by atoms with van der Waals surface area (Å²) in [6, 6.07) is 0. The molecule has 3 unspecified atom stereocenters. The molecule has 0 aromatic rings. The third kappa shape index (κ3) is 3.79. The van der Waals surface area contributed by atoms with Gasteiger partial charge in [-0.05, 0) is 5.92 Å². The highest BCUT2D eigenvalue weighted by atomic mass is 35.5. The van der Waals surface area contributed by atoms with Crippen LogP contribution in [-0.2, 0) is 19.5 Å². The van der Waals surface area contributed by atoms with Crippen LogP contribution in [-0.4, -0.2) is 63.9 Å². The predicted molar refractivity (Wildman–Crippen MR) is 66.8 cm³/mol. The maximum atomic E-state index is 12.1. The lowest BCUT2D eigenvalue weighted by Gasteiger charge is -2.17. The molecule has 3 atom stereocenters. The largest absolute Gasteiger partial charge is 0.377 e. The summed E-state index contributed by atoms with van der Waals surface area (Å²) in [7, 11) is -0.141. The van der Waals surface area contributed by atoms with Crippen LogP contribution in [0, 0.1) is 5.92 Å². The fourth-order valence-electron chi connectivity index (χ4n) is 1.90.